The summed E-state index contributed by atoms with van der Waals surface area (Å²) in [6.45, 7) is 9.43. The van der Waals surface area contributed by atoms with Crippen molar-refractivity contribution in [3.63, 3.8) is 0 Å². The lowest BCUT2D eigenvalue weighted by molar-refractivity contribution is 0.653. The molecule has 0 saturated heterocycles. The van der Waals surface area contributed by atoms with Crippen molar-refractivity contribution in [3.8, 4) is 0 Å². The molecule has 0 bridgehead atoms. The number of anilines is 2. The Bertz CT molecular complexity index is 861. The minimum Gasteiger partial charge on any atom is -0.369 e. The first-order chi connectivity index (χ1) is 17.9. The molecular formula is C27H46N10. The molecule has 10 N–H and O–H groups in total. The molecule has 0 aliphatic rings. The Labute approximate surface area is 222 Å². The van der Waals surface area contributed by atoms with E-state index in [2.05, 4.69) is 44.5 Å². The zero-order valence-electron chi connectivity index (χ0n) is 22.8. The van der Waals surface area contributed by atoms with Gasteiger partial charge < -0.3 is 33.6 Å². The van der Waals surface area contributed by atoms with Gasteiger partial charge in [0.1, 0.15) is 0 Å². The van der Waals surface area contributed by atoms with Crippen LogP contribution >= 0.6 is 0 Å². The van der Waals surface area contributed by atoms with Gasteiger partial charge in [-0.1, -0.05) is 83.4 Å². The summed E-state index contributed by atoms with van der Waals surface area (Å²) in [6.07, 6.45) is 5.03. The van der Waals surface area contributed by atoms with Crippen molar-refractivity contribution >= 4 is 35.2 Å². The number of aliphatic imine (C=N–C) groups is 4. The summed E-state index contributed by atoms with van der Waals surface area (Å²) in [7, 11) is 0. The van der Waals surface area contributed by atoms with Crippen molar-refractivity contribution in [1.82, 2.24) is 0 Å². The molecule has 0 fully saturated rings. The van der Waals surface area contributed by atoms with Crippen LogP contribution in [0.3, 0.4) is 0 Å². The monoisotopic (exact) mass is 510 g/mol. The number of guanidine groups is 4. The first-order valence-corrected chi connectivity index (χ1v) is 12.9. The Hall–Kier alpha value is -4.08. The number of nitrogens with two attached hydrogens (primary N) is 4. The van der Waals surface area contributed by atoms with Crippen LogP contribution in [0.2, 0.25) is 0 Å². The molecular weight excluding hydrogens is 464 g/mol. The van der Waals surface area contributed by atoms with Gasteiger partial charge in [-0.2, -0.15) is 9.98 Å². The van der Waals surface area contributed by atoms with Gasteiger partial charge in [0, 0.05) is 24.5 Å². The van der Waals surface area contributed by atoms with Gasteiger partial charge in [-0.15, -0.1) is 0 Å². The molecule has 0 heterocycles. The Balaban J connectivity index is 0.00000241. The Morgan fingerprint density at radius 2 is 0.919 bits per heavy atom. The number of nitrogens with one attached hydrogen (secondary N) is 2. The fraction of sp³-hybridized carbons (Fsp3) is 0.407. The maximum Gasteiger partial charge on any atom is 0.218 e. The lowest BCUT2D eigenvalue weighted by Crippen LogP contribution is -2.26. The Morgan fingerprint density at radius 1 is 0.595 bits per heavy atom. The van der Waals surface area contributed by atoms with Crippen LogP contribution in [-0.4, -0.2) is 36.9 Å². The molecule has 0 saturated carbocycles. The standard InChI is InChI=1S/C22H32N10.C3H8.C2H6/c23-19(31-21(25)29-17-11-5-3-6-12-17)27-15-9-1-2-10-16-28-20(24)32-22(26)30-18-13-7-4-8-14-18;1-3-2;1-2/h3-8,11-14H,1-2,9-10,15-16H2,(H5,23,25,27,29,31)(H5,24,26,28,30,32);3H2,1-2H3;1-2H3. The van der Waals surface area contributed by atoms with Crippen molar-refractivity contribution < 1.29 is 0 Å². The normalized spacial score (nSPS) is 12.0. The average molecular weight is 511 g/mol. The first-order valence-electron chi connectivity index (χ1n) is 12.9. The summed E-state index contributed by atoms with van der Waals surface area (Å²) in [5.74, 6) is 0.719. The maximum atomic E-state index is 5.82. The third-order valence-corrected chi connectivity index (χ3v) is 4.18. The van der Waals surface area contributed by atoms with Crippen molar-refractivity contribution in [2.45, 2.75) is 59.8 Å². The number of benzene rings is 2. The molecule has 204 valence electrons. The van der Waals surface area contributed by atoms with Gasteiger partial charge in [0.15, 0.2) is 0 Å². The van der Waals surface area contributed by atoms with E-state index in [0.29, 0.717) is 13.1 Å². The highest BCUT2D eigenvalue weighted by atomic mass is 15.2. The highest BCUT2D eigenvalue weighted by Gasteiger charge is 1.97. The van der Waals surface area contributed by atoms with Crippen LogP contribution in [0.15, 0.2) is 80.6 Å². The Morgan fingerprint density at radius 3 is 1.24 bits per heavy atom. The molecule has 0 aliphatic heterocycles. The number of nitrogens with zero attached hydrogens (tertiary/aromatic N) is 4. The van der Waals surface area contributed by atoms with Crippen molar-refractivity contribution in [2.24, 2.45) is 42.9 Å². The Kier molecular flexibility index (Phi) is 19.9. The molecule has 0 aromatic heterocycles. The van der Waals surface area contributed by atoms with E-state index in [9.17, 15) is 0 Å². The number of hydrogen-bond donors (Lipinski definition) is 6. The fourth-order valence-electron chi connectivity index (χ4n) is 2.68. The molecule has 0 spiro atoms. The number of para-hydroxylation sites is 2. The summed E-state index contributed by atoms with van der Waals surface area (Å²) in [5.41, 5.74) is 24.9. The lowest BCUT2D eigenvalue weighted by Gasteiger charge is -2.05. The van der Waals surface area contributed by atoms with Gasteiger partial charge >= 0.3 is 0 Å². The average Bonchev–Trinajstić information content (AvgIpc) is 2.88. The molecule has 0 aliphatic carbocycles. The van der Waals surface area contributed by atoms with Gasteiger partial charge in [0.2, 0.25) is 23.8 Å². The molecule has 0 atom stereocenters. The number of unbranched alkanes of at least 4 members (excludes halogenated alkanes) is 3. The lowest BCUT2D eigenvalue weighted by atomic mass is 10.2. The predicted octanol–water partition coefficient (Wildman–Crippen LogP) is 4.47. The van der Waals surface area contributed by atoms with E-state index in [0.717, 1.165) is 37.1 Å². The van der Waals surface area contributed by atoms with Gasteiger partial charge in [0.05, 0.1) is 0 Å². The molecule has 2 aromatic carbocycles. The number of hydrogen-bond acceptors (Lipinski definition) is 2. The van der Waals surface area contributed by atoms with Crippen molar-refractivity contribution in [3.05, 3.63) is 60.7 Å². The van der Waals surface area contributed by atoms with E-state index < -0.39 is 0 Å². The van der Waals surface area contributed by atoms with Gasteiger partial charge in [-0.25, -0.2) is 0 Å². The van der Waals surface area contributed by atoms with Gasteiger partial charge in [0.25, 0.3) is 0 Å². The minimum absolute atomic E-state index is 0.155. The first kappa shape index (κ1) is 32.9. The van der Waals surface area contributed by atoms with Crippen LogP contribution in [0.5, 0.6) is 0 Å². The highest BCUT2D eigenvalue weighted by Crippen LogP contribution is 2.05. The summed E-state index contributed by atoms with van der Waals surface area (Å²) >= 11 is 0. The second kappa shape index (κ2) is 22.4. The smallest absolute Gasteiger partial charge is 0.218 e. The van der Waals surface area contributed by atoms with Crippen LogP contribution in [-0.2, 0) is 0 Å². The van der Waals surface area contributed by atoms with Crippen LogP contribution in [0.4, 0.5) is 11.4 Å². The quantitative estimate of drug-likeness (QED) is 0.164. The SMILES string of the molecule is CC.CCC.NC(=NCCCCCCN=C(N)/N=C(\N)Nc1ccccc1)/N=C(\N)Nc1ccccc1. The second-order valence-electron chi connectivity index (χ2n) is 7.58. The van der Waals surface area contributed by atoms with E-state index in [1.807, 2.05) is 74.5 Å². The summed E-state index contributed by atoms with van der Waals surface area (Å²) in [4.78, 5) is 16.5. The third-order valence-electron chi connectivity index (χ3n) is 4.18. The van der Waals surface area contributed by atoms with Gasteiger partial charge in [-0.05, 0) is 37.1 Å². The third kappa shape index (κ3) is 18.9. The largest absolute Gasteiger partial charge is 0.369 e. The van der Waals surface area contributed by atoms with E-state index in [1.54, 1.807) is 0 Å². The van der Waals surface area contributed by atoms with Crippen LogP contribution in [0.1, 0.15) is 59.8 Å². The molecule has 10 nitrogen and oxygen atoms in total. The zero-order valence-corrected chi connectivity index (χ0v) is 22.8. The molecule has 10 heteroatoms. The summed E-state index contributed by atoms with van der Waals surface area (Å²) < 4.78 is 0. The van der Waals surface area contributed by atoms with E-state index in [4.69, 9.17) is 22.9 Å². The molecule has 2 aromatic rings. The fourth-order valence-corrected chi connectivity index (χ4v) is 2.68. The molecule has 37 heavy (non-hydrogen) atoms. The van der Waals surface area contributed by atoms with Crippen LogP contribution < -0.4 is 33.6 Å². The van der Waals surface area contributed by atoms with Crippen LogP contribution in [0, 0.1) is 0 Å². The molecule has 0 radical (unpaired) electrons. The van der Waals surface area contributed by atoms with E-state index in [-0.39, 0.29) is 23.8 Å². The topological polar surface area (TPSA) is 178 Å². The molecule has 0 unspecified atom stereocenters. The van der Waals surface area contributed by atoms with Crippen LogP contribution in [0.25, 0.3) is 0 Å². The number of rotatable bonds is 9. The molecule has 2 rings (SSSR count). The minimum atomic E-state index is 0.155. The van der Waals surface area contributed by atoms with E-state index in [1.165, 1.54) is 6.42 Å². The highest BCUT2D eigenvalue weighted by molar-refractivity contribution is 6.01. The van der Waals surface area contributed by atoms with E-state index >= 15 is 0 Å². The zero-order chi connectivity index (χ0) is 27.7. The predicted molar refractivity (Wildman–Crippen MR) is 162 cm³/mol. The molecule has 0 amide bonds. The second-order valence-corrected chi connectivity index (χ2v) is 7.58. The van der Waals surface area contributed by atoms with Gasteiger partial charge in [-0.3, -0.25) is 9.98 Å². The van der Waals surface area contributed by atoms with Crippen molar-refractivity contribution in [1.29, 1.82) is 0 Å². The maximum absolute atomic E-state index is 5.82. The summed E-state index contributed by atoms with van der Waals surface area (Å²) in [5, 5.41) is 5.91. The van der Waals surface area contributed by atoms with Crippen molar-refractivity contribution in [2.75, 3.05) is 23.7 Å². The summed E-state index contributed by atoms with van der Waals surface area (Å²) in [6, 6.07) is 19.0.